The van der Waals surface area contributed by atoms with Gasteiger partial charge in [-0.05, 0) is 54.8 Å². The van der Waals surface area contributed by atoms with Crippen LogP contribution < -0.4 is 20.8 Å². The zero-order valence-corrected chi connectivity index (χ0v) is 20.9. The number of hydrogen-bond acceptors (Lipinski definition) is 5. The number of amides is 3. The molecule has 0 aromatic heterocycles. The summed E-state index contributed by atoms with van der Waals surface area (Å²) in [7, 11) is 0. The van der Waals surface area contributed by atoms with Gasteiger partial charge in [0.15, 0.2) is 6.61 Å². The van der Waals surface area contributed by atoms with E-state index in [4.69, 9.17) is 4.74 Å². The van der Waals surface area contributed by atoms with Crippen molar-refractivity contribution in [2.24, 2.45) is 5.10 Å². The summed E-state index contributed by atoms with van der Waals surface area (Å²) in [5, 5.41) is 9.26. The molecule has 3 rings (SSSR count). The predicted octanol–water partition coefficient (Wildman–Crippen LogP) is 4.43. The Morgan fingerprint density at radius 1 is 0.943 bits per heavy atom. The Morgan fingerprint density at radius 2 is 1.66 bits per heavy atom. The van der Waals surface area contributed by atoms with Crippen LogP contribution in [0, 0.1) is 6.92 Å². The van der Waals surface area contributed by atoms with E-state index in [0.29, 0.717) is 29.1 Å². The van der Waals surface area contributed by atoms with Crippen molar-refractivity contribution in [1.29, 1.82) is 0 Å². The maximum atomic E-state index is 12.3. The van der Waals surface area contributed by atoms with Crippen LogP contribution in [0.4, 0.5) is 11.4 Å². The summed E-state index contributed by atoms with van der Waals surface area (Å²) in [6, 6.07) is 19.8. The SMILES string of the molecule is CCc1ccccc1NC(=O)C(=O)N/N=C\c1cc(Br)ccc1OCC(=O)Nc1ccccc1C. The van der Waals surface area contributed by atoms with E-state index in [1.54, 1.807) is 30.3 Å². The number of nitrogens with one attached hydrogen (secondary N) is 3. The summed E-state index contributed by atoms with van der Waals surface area (Å²) in [6.45, 7) is 3.64. The van der Waals surface area contributed by atoms with E-state index >= 15 is 0 Å². The molecular weight excluding hydrogens is 512 g/mol. The number of hydrazone groups is 1. The lowest BCUT2D eigenvalue weighted by Crippen LogP contribution is -2.32. The lowest BCUT2D eigenvalue weighted by atomic mass is 10.1. The van der Waals surface area contributed by atoms with Gasteiger partial charge in [-0.2, -0.15) is 5.10 Å². The molecular formula is C26H25BrN4O4. The van der Waals surface area contributed by atoms with Gasteiger partial charge in [0, 0.05) is 21.4 Å². The van der Waals surface area contributed by atoms with Gasteiger partial charge in [0.2, 0.25) is 0 Å². The minimum atomic E-state index is -0.915. The molecule has 8 nitrogen and oxygen atoms in total. The van der Waals surface area contributed by atoms with Gasteiger partial charge in [0.25, 0.3) is 5.91 Å². The molecule has 0 aliphatic rings. The molecule has 0 heterocycles. The van der Waals surface area contributed by atoms with Crippen molar-refractivity contribution in [3.63, 3.8) is 0 Å². The van der Waals surface area contributed by atoms with Gasteiger partial charge in [-0.3, -0.25) is 14.4 Å². The van der Waals surface area contributed by atoms with E-state index in [2.05, 4.69) is 37.1 Å². The van der Waals surface area contributed by atoms with Crippen LogP contribution >= 0.6 is 15.9 Å². The minimum absolute atomic E-state index is 0.220. The fraction of sp³-hybridized carbons (Fsp3) is 0.154. The van der Waals surface area contributed by atoms with Crippen LogP contribution in [0.25, 0.3) is 0 Å². The van der Waals surface area contributed by atoms with Gasteiger partial charge < -0.3 is 15.4 Å². The van der Waals surface area contributed by atoms with Crippen molar-refractivity contribution in [2.75, 3.05) is 17.2 Å². The molecule has 0 atom stereocenters. The lowest BCUT2D eigenvalue weighted by Gasteiger charge is -2.11. The summed E-state index contributed by atoms with van der Waals surface area (Å²) in [5.41, 5.74) is 5.85. The number of carbonyl (C=O) groups is 3. The number of carbonyl (C=O) groups excluding carboxylic acids is 3. The highest BCUT2D eigenvalue weighted by Gasteiger charge is 2.14. The van der Waals surface area contributed by atoms with Crippen molar-refractivity contribution < 1.29 is 19.1 Å². The smallest absolute Gasteiger partial charge is 0.329 e. The maximum Gasteiger partial charge on any atom is 0.329 e. The van der Waals surface area contributed by atoms with Gasteiger partial charge >= 0.3 is 11.8 Å². The molecule has 180 valence electrons. The Kier molecular flexibility index (Phi) is 9.14. The average Bonchev–Trinajstić information content (AvgIpc) is 2.85. The molecule has 3 aromatic carbocycles. The summed E-state index contributed by atoms with van der Waals surface area (Å²) < 4.78 is 6.41. The van der Waals surface area contributed by atoms with E-state index in [9.17, 15) is 14.4 Å². The number of anilines is 2. The zero-order valence-electron chi connectivity index (χ0n) is 19.3. The molecule has 35 heavy (non-hydrogen) atoms. The third-order valence-electron chi connectivity index (χ3n) is 4.97. The highest BCUT2D eigenvalue weighted by Crippen LogP contribution is 2.22. The summed E-state index contributed by atoms with van der Waals surface area (Å²) in [5.74, 6) is -1.68. The summed E-state index contributed by atoms with van der Waals surface area (Å²) >= 11 is 3.38. The molecule has 0 fully saturated rings. The number of nitrogens with zero attached hydrogens (tertiary/aromatic N) is 1. The van der Waals surface area contributed by atoms with E-state index in [1.807, 2.05) is 50.2 Å². The first-order valence-corrected chi connectivity index (χ1v) is 11.7. The van der Waals surface area contributed by atoms with E-state index in [0.717, 1.165) is 15.6 Å². The maximum absolute atomic E-state index is 12.3. The Morgan fingerprint density at radius 3 is 2.40 bits per heavy atom. The number of aryl methyl sites for hydroxylation is 2. The molecule has 3 N–H and O–H groups in total. The van der Waals surface area contributed by atoms with E-state index in [-0.39, 0.29) is 12.5 Å². The topological polar surface area (TPSA) is 109 Å². The van der Waals surface area contributed by atoms with Gasteiger partial charge in [0.1, 0.15) is 5.75 Å². The lowest BCUT2D eigenvalue weighted by molar-refractivity contribution is -0.136. The van der Waals surface area contributed by atoms with Crippen molar-refractivity contribution >= 4 is 51.2 Å². The van der Waals surface area contributed by atoms with Crippen LogP contribution in [0.5, 0.6) is 5.75 Å². The number of benzene rings is 3. The first-order chi connectivity index (χ1) is 16.9. The Hall–Kier alpha value is -3.98. The van der Waals surface area contributed by atoms with Crippen molar-refractivity contribution in [3.8, 4) is 5.75 Å². The van der Waals surface area contributed by atoms with Gasteiger partial charge in [-0.1, -0.05) is 59.3 Å². The van der Waals surface area contributed by atoms with Crippen LogP contribution in [0.2, 0.25) is 0 Å². The number of para-hydroxylation sites is 2. The second kappa shape index (κ2) is 12.5. The van der Waals surface area contributed by atoms with Crippen molar-refractivity contribution in [3.05, 3.63) is 87.9 Å². The molecule has 0 aliphatic carbocycles. The van der Waals surface area contributed by atoms with Gasteiger partial charge in [-0.15, -0.1) is 0 Å². The fourth-order valence-corrected chi connectivity index (χ4v) is 3.51. The molecule has 0 bridgehead atoms. The fourth-order valence-electron chi connectivity index (χ4n) is 3.14. The molecule has 0 radical (unpaired) electrons. The molecule has 0 spiro atoms. The second-order valence-electron chi connectivity index (χ2n) is 7.50. The third-order valence-corrected chi connectivity index (χ3v) is 5.47. The van der Waals surface area contributed by atoms with Crippen molar-refractivity contribution in [1.82, 2.24) is 5.43 Å². The Labute approximate surface area is 211 Å². The Balaban J connectivity index is 1.59. The second-order valence-corrected chi connectivity index (χ2v) is 8.41. The molecule has 3 amide bonds. The highest BCUT2D eigenvalue weighted by molar-refractivity contribution is 9.10. The van der Waals surface area contributed by atoms with Crippen LogP contribution in [-0.2, 0) is 20.8 Å². The number of ether oxygens (including phenoxy) is 1. The standard InChI is InChI=1S/C26H25BrN4O4/c1-3-18-9-5-7-11-22(18)30-25(33)26(34)31-28-15-19-14-20(27)12-13-23(19)35-16-24(32)29-21-10-6-4-8-17(21)2/h4-15H,3,16H2,1-2H3,(H,29,32)(H,30,33)(H,31,34)/b28-15-. The number of halogens is 1. The van der Waals surface area contributed by atoms with Gasteiger partial charge in [-0.25, -0.2) is 5.43 Å². The largest absolute Gasteiger partial charge is 0.483 e. The molecule has 0 saturated heterocycles. The number of rotatable bonds is 8. The molecule has 0 unspecified atom stereocenters. The highest BCUT2D eigenvalue weighted by atomic mass is 79.9. The van der Waals surface area contributed by atoms with E-state index in [1.165, 1.54) is 6.21 Å². The van der Waals surface area contributed by atoms with E-state index < -0.39 is 11.8 Å². The molecule has 0 aliphatic heterocycles. The predicted molar refractivity (Wildman–Crippen MR) is 140 cm³/mol. The monoisotopic (exact) mass is 536 g/mol. The third kappa shape index (κ3) is 7.51. The van der Waals surface area contributed by atoms with Crippen LogP contribution in [-0.4, -0.2) is 30.5 Å². The summed E-state index contributed by atoms with van der Waals surface area (Å²) in [6.07, 6.45) is 2.05. The molecule has 3 aromatic rings. The van der Waals surface area contributed by atoms with Gasteiger partial charge in [0.05, 0.1) is 6.21 Å². The normalized spacial score (nSPS) is 10.6. The van der Waals surface area contributed by atoms with Crippen LogP contribution in [0.1, 0.15) is 23.6 Å². The number of hydrogen-bond donors (Lipinski definition) is 3. The quantitative estimate of drug-likeness (QED) is 0.225. The molecule has 0 saturated carbocycles. The van der Waals surface area contributed by atoms with Crippen LogP contribution in [0.15, 0.2) is 76.3 Å². The molecule has 9 heteroatoms. The minimum Gasteiger partial charge on any atom is -0.483 e. The van der Waals surface area contributed by atoms with Crippen LogP contribution in [0.3, 0.4) is 0 Å². The zero-order chi connectivity index (χ0) is 25.2. The summed E-state index contributed by atoms with van der Waals surface area (Å²) in [4.78, 5) is 36.7. The van der Waals surface area contributed by atoms with Crippen molar-refractivity contribution in [2.45, 2.75) is 20.3 Å². The first-order valence-electron chi connectivity index (χ1n) is 10.9. The average molecular weight is 537 g/mol. The first kappa shape index (κ1) is 25.6. The Bertz CT molecular complexity index is 1260.